The molecule has 2 heterocycles. The maximum Gasteiger partial charge on any atom is 0.341 e. The number of carboxylic acids is 1. The Hall–Kier alpha value is -4.05. The highest BCUT2D eigenvalue weighted by Gasteiger charge is 2.63. The molecule has 3 aliphatic rings. The van der Waals surface area contributed by atoms with Gasteiger partial charge in [0.15, 0.2) is 12.4 Å². The first-order valence-electron chi connectivity index (χ1n) is 11.8. The van der Waals surface area contributed by atoms with E-state index in [-0.39, 0.29) is 57.9 Å². The Morgan fingerprint density at radius 1 is 1.11 bits per heavy atom. The summed E-state index contributed by atoms with van der Waals surface area (Å²) in [6, 6.07) is 8.06. The summed E-state index contributed by atoms with van der Waals surface area (Å²) in [6.45, 7) is 1.09. The van der Waals surface area contributed by atoms with Crippen LogP contribution in [0.1, 0.15) is 41.6 Å². The number of benzene rings is 2. The molecule has 1 amide bonds. The van der Waals surface area contributed by atoms with E-state index in [0.717, 1.165) is 0 Å². The van der Waals surface area contributed by atoms with E-state index in [1.165, 1.54) is 20.3 Å². The molecule has 38 heavy (non-hydrogen) atoms. The van der Waals surface area contributed by atoms with Crippen LogP contribution in [0.4, 0.5) is 0 Å². The van der Waals surface area contributed by atoms with Crippen LogP contribution in [0.5, 0.6) is 23.0 Å². The first-order chi connectivity index (χ1) is 18.1. The molecule has 1 spiro atoms. The second-order valence-corrected chi connectivity index (χ2v) is 9.70. The molecule has 11 heteroatoms. The van der Waals surface area contributed by atoms with Gasteiger partial charge in [-0.05, 0) is 12.5 Å². The fourth-order valence-corrected chi connectivity index (χ4v) is 5.76. The Bertz CT molecular complexity index is 1430. The van der Waals surface area contributed by atoms with E-state index in [1.807, 2.05) is 0 Å². The minimum absolute atomic E-state index is 0.00120. The second kappa shape index (κ2) is 9.36. The van der Waals surface area contributed by atoms with E-state index in [1.54, 1.807) is 31.2 Å². The van der Waals surface area contributed by atoms with Crippen molar-refractivity contribution in [3.8, 4) is 23.0 Å². The highest BCUT2D eigenvalue weighted by molar-refractivity contribution is 6.36. The molecule has 10 nitrogen and oxygen atoms in total. The summed E-state index contributed by atoms with van der Waals surface area (Å²) in [4.78, 5) is 52.3. The van der Waals surface area contributed by atoms with Crippen molar-refractivity contribution in [2.24, 2.45) is 5.92 Å². The van der Waals surface area contributed by atoms with Gasteiger partial charge in [0.25, 0.3) is 0 Å². The Morgan fingerprint density at radius 2 is 1.82 bits per heavy atom. The maximum atomic E-state index is 14.4. The molecule has 2 aliphatic heterocycles. The van der Waals surface area contributed by atoms with Crippen LogP contribution in [0.15, 0.2) is 41.6 Å². The van der Waals surface area contributed by atoms with Gasteiger partial charge in [-0.15, -0.1) is 0 Å². The summed E-state index contributed by atoms with van der Waals surface area (Å²) >= 11 is 6.51. The molecule has 0 bridgehead atoms. The second-order valence-electron chi connectivity index (χ2n) is 9.32. The minimum Gasteiger partial charge on any atom is -0.496 e. The van der Waals surface area contributed by atoms with Crippen molar-refractivity contribution in [1.29, 1.82) is 0 Å². The summed E-state index contributed by atoms with van der Waals surface area (Å²) in [7, 11) is 2.79. The summed E-state index contributed by atoms with van der Waals surface area (Å²) in [6.07, 6.45) is 0.0553. The van der Waals surface area contributed by atoms with Crippen molar-refractivity contribution in [2.45, 2.75) is 31.3 Å². The molecule has 5 rings (SSSR count). The third kappa shape index (κ3) is 3.70. The number of para-hydroxylation sites is 1. The van der Waals surface area contributed by atoms with Crippen molar-refractivity contribution >= 4 is 35.0 Å². The summed E-state index contributed by atoms with van der Waals surface area (Å²) in [5.74, 6) is -3.56. The van der Waals surface area contributed by atoms with E-state index < -0.39 is 41.6 Å². The Balaban J connectivity index is 1.64. The molecule has 0 aromatic heterocycles. The molecule has 2 aromatic carbocycles. The third-order valence-corrected chi connectivity index (χ3v) is 7.56. The lowest BCUT2D eigenvalue weighted by molar-refractivity contribution is -0.139. The standard InChI is InChI=1S/C27H24ClNO9/c1-12-8-15-21(14(9-19(30)29-15)13-6-4-5-7-16(13)37-11-20(31)32)25(33)27(12)26(34)22-17(35-2)10-18(36-3)23(28)24(22)38-27/h4-7,10,12,14H,8-9,11H2,1-3H3,(H,29,30)(H,31,32)/t12-,14-,27+/m1/s1. The largest absolute Gasteiger partial charge is 0.496 e. The number of hydrogen-bond acceptors (Lipinski definition) is 8. The molecule has 0 unspecified atom stereocenters. The van der Waals surface area contributed by atoms with Crippen molar-refractivity contribution < 1.29 is 43.2 Å². The predicted octanol–water partition coefficient (Wildman–Crippen LogP) is 3.30. The van der Waals surface area contributed by atoms with E-state index in [2.05, 4.69) is 5.32 Å². The fraction of sp³-hybridized carbons (Fsp3) is 0.333. The number of carbonyl (C=O) groups excluding carboxylic acids is 3. The first-order valence-corrected chi connectivity index (χ1v) is 12.2. The summed E-state index contributed by atoms with van der Waals surface area (Å²) in [5, 5.41) is 11.9. The van der Waals surface area contributed by atoms with Crippen LogP contribution in [0, 0.1) is 5.92 Å². The highest BCUT2D eigenvalue weighted by atomic mass is 35.5. The van der Waals surface area contributed by atoms with Gasteiger partial charge in [-0.2, -0.15) is 0 Å². The van der Waals surface area contributed by atoms with Crippen molar-refractivity contribution in [3.63, 3.8) is 0 Å². The summed E-state index contributed by atoms with van der Waals surface area (Å²) < 4.78 is 22.4. The number of carbonyl (C=O) groups is 4. The monoisotopic (exact) mass is 541 g/mol. The number of ketones is 2. The normalized spacial score (nSPS) is 23.9. The van der Waals surface area contributed by atoms with Gasteiger partial charge in [0, 0.05) is 41.2 Å². The number of fused-ring (bicyclic) bond motifs is 1. The van der Waals surface area contributed by atoms with Crippen molar-refractivity contribution in [1.82, 2.24) is 5.32 Å². The lowest BCUT2D eigenvalue weighted by Crippen LogP contribution is -2.59. The number of Topliss-reactive ketones (excluding diaryl/α,β-unsaturated/α-hetero) is 2. The third-order valence-electron chi connectivity index (χ3n) is 7.20. The van der Waals surface area contributed by atoms with E-state index in [9.17, 15) is 19.2 Å². The number of allylic oxidation sites excluding steroid dienone is 1. The number of carboxylic acid groups (broad SMARTS) is 1. The first kappa shape index (κ1) is 25.6. The minimum atomic E-state index is -1.94. The average molecular weight is 542 g/mol. The zero-order valence-electron chi connectivity index (χ0n) is 20.8. The van der Waals surface area contributed by atoms with Crippen LogP contribution < -0.4 is 24.3 Å². The van der Waals surface area contributed by atoms with Crippen LogP contribution in [-0.2, 0) is 14.4 Å². The van der Waals surface area contributed by atoms with Gasteiger partial charge in [-0.1, -0.05) is 36.7 Å². The Morgan fingerprint density at radius 3 is 2.50 bits per heavy atom. The van der Waals surface area contributed by atoms with Crippen molar-refractivity contribution in [3.05, 3.63) is 57.8 Å². The zero-order valence-corrected chi connectivity index (χ0v) is 21.5. The molecule has 2 N–H and O–H groups in total. The van der Waals surface area contributed by atoms with Crippen molar-refractivity contribution in [2.75, 3.05) is 20.8 Å². The van der Waals surface area contributed by atoms with E-state index in [4.69, 9.17) is 35.7 Å². The number of halogens is 1. The van der Waals surface area contributed by atoms with E-state index >= 15 is 0 Å². The number of methoxy groups -OCH3 is 2. The van der Waals surface area contributed by atoms with Crippen LogP contribution in [0.25, 0.3) is 0 Å². The van der Waals surface area contributed by atoms with Gasteiger partial charge in [-0.25, -0.2) is 4.79 Å². The number of nitrogens with one attached hydrogen (secondary N) is 1. The number of amides is 1. The fourth-order valence-electron chi connectivity index (χ4n) is 5.49. The molecule has 0 saturated carbocycles. The molecule has 3 atom stereocenters. The number of hydrogen-bond donors (Lipinski definition) is 2. The van der Waals surface area contributed by atoms with Gasteiger partial charge in [-0.3, -0.25) is 14.4 Å². The number of aliphatic carboxylic acids is 1. The smallest absolute Gasteiger partial charge is 0.341 e. The van der Waals surface area contributed by atoms with Gasteiger partial charge in [0.05, 0.1) is 14.2 Å². The van der Waals surface area contributed by atoms with Crippen LogP contribution >= 0.6 is 11.6 Å². The number of ether oxygens (including phenoxy) is 4. The van der Waals surface area contributed by atoms with E-state index in [0.29, 0.717) is 11.3 Å². The van der Waals surface area contributed by atoms with Gasteiger partial charge in [0.2, 0.25) is 23.1 Å². The molecule has 0 fully saturated rings. The average Bonchev–Trinajstić information content (AvgIpc) is 3.21. The topological polar surface area (TPSA) is 137 Å². The van der Waals surface area contributed by atoms with Crippen LogP contribution in [0.3, 0.4) is 0 Å². The molecule has 198 valence electrons. The molecular weight excluding hydrogens is 518 g/mol. The van der Waals surface area contributed by atoms with Gasteiger partial charge >= 0.3 is 5.97 Å². The number of rotatable bonds is 6. The van der Waals surface area contributed by atoms with Gasteiger partial charge in [0.1, 0.15) is 27.8 Å². The van der Waals surface area contributed by atoms with Crippen LogP contribution in [-0.4, -0.2) is 55.0 Å². The van der Waals surface area contributed by atoms with Gasteiger partial charge < -0.3 is 29.4 Å². The lowest BCUT2D eigenvalue weighted by atomic mass is 9.66. The molecular formula is C27H24ClNO9. The zero-order chi connectivity index (χ0) is 27.4. The predicted molar refractivity (Wildman–Crippen MR) is 133 cm³/mol. The molecule has 0 radical (unpaired) electrons. The quantitative estimate of drug-likeness (QED) is 0.527. The highest BCUT2D eigenvalue weighted by Crippen LogP contribution is 2.55. The lowest BCUT2D eigenvalue weighted by Gasteiger charge is -2.41. The molecule has 1 aliphatic carbocycles. The Kier molecular flexibility index (Phi) is 6.30. The SMILES string of the molecule is COc1cc(OC)c2c(c1Cl)O[C@@]1(C(=O)C3=C(C[C@H]1C)NC(=O)C[C@@H]3c1ccccc1OCC(=O)O)C2=O. The molecule has 0 saturated heterocycles. The van der Waals surface area contributed by atoms with Crippen LogP contribution in [0.2, 0.25) is 5.02 Å². The maximum absolute atomic E-state index is 14.4. The summed E-state index contributed by atoms with van der Waals surface area (Å²) in [5.41, 5.74) is -0.844. The Labute approximate surface area is 222 Å². The molecule has 2 aromatic rings.